The lowest BCUT2D eigenvalue weighted by atomic mass is 9.45. The van der Waals surface area contributed by atoms with Crippen molar-refractivity contribution in [3.8, 4) is 0 Å². The average Bonchev–Trinajstić information content (AvgIpc) is 3.23. The minimum absolute atomic E-state index is 0.0350. The number of hydrogen-bond donors (Lipinski definition) is 0. The van der Waals surface area contributed by atoms with Crippen LogP contribution in [-0.2, 0) is 18.9 Å². The minimum atomic E-state index is -0.0637. The van der Waals surface area contributed by atoms with E-state index in [0.717, 1.165) is 62.4 Å². The third kappa shape index (κ3) is 4.10. The van der Waals surface area contributed by atoms with Crippen molar-refractivity contribution in [1.82, 2.24) is 0 Å². The maximum absolute atomic E-state index is 6.93. The third-order valence-electron chi connectivity index (χ3n) is 11.0. The Bertz CT molecular complexity index is 723. The van der Waals surface area contributed by atoms with Gasteiger partial charge in [0.1, 0.15) is 0 Å². The zero-order chi connectivity index (χ0) is 22.5. The van der Waals surface area contributed by atoms with Crippen molar-refractivity contribution >= 4 is 0 Å². The van der Waals surface area contributed by atoms with Gasteiger partial charge in [0.2, 0.25) is 0 Å². The Morgan fingerprint density at radius 1 is 0.848 bits per heavy atom. The van der Waals surface area contributed by atoms with Crippen molar-refractivity contribution in [2.45, 2.75) is 122 Å². The van der Waals surface area contributed by atoms with Crippen LogP contribution >= 0.6 is 0 Å². The summed E-state index contributed by atoms with van der Waals surface area (Å²) < 4.78 is 25.5. The van der Waals surface area contributed by atoms with E-state index in [0.29, 0.717) is 11.3 Å². The Morgan fingerprint density at radius 2 is 1.70 bits per heavy atom. The molecule has 2 heterocycles. The summed E-state index contributed by atoms with van der Waals surface area (Å²) in [6.07, 6.45) is 20.1. The molecule has 4 heteroatoms. The molecular weight excluding hydrogens is 413 g/mol. The van der Waals surface area contributed by atoms with E-state index in [-0.39, 0.29) is 24.1 Å². The smallest absolute Gasteiger partial charge is 0.199 e. The van der Waals surface area contributed by atoms with Crippen LogP contribution in [0.3, 0.4) is 0 Å². The van der Waals surface area contributed by atoms with Crippen LogP contribution in [0.15, 0.2) is 11.8 Å². The van der Waals surface area contributed by atoms with E-state index in [4.69, 9.17) is 18.9 Å². The van der Waals surface area contributed by atoms with Gasteiger partial charge in [0.05, 0.1) is 18.5 Å². The summed E-state index contributed by atoms with van der Waals surface area (Å²) >= 11 is 0. The van der Waals surface area contributed by atoms with E-state index in [1.54, 1.807) is 0 Å². The van der Waals surface area contributed by atoms with E-state index in [2.05, 4.69) is 19.9 Å². The molecule has 5 fully saturated rings. The van der Waals surface area contributed by atoms with E-state index in [9.17, 15) is 0 Å². The molecule has 3 unspecified atom stereocenters. The molecule has 2 saturated heterocycles. The molecule has 6 aliphatic rings. The number of fused-ring (bicyclic) bond motifs is 5. The molecule has 0 bridgehead atoms. The first-order valence-corrected chi connectivity index (χ1v) is 14.3. The van der Waals surface area contributed by atoms with Crippen LogP contribution < -0.4 is 0 Å². The van der Waals surface area contributed by atoms with Crippen LogP contribution in [-0.4, -0.2) is 31.9 Å². The lowest BCUT2D eigenvalue weighted by Gasteiger charge is -2.61. The second-order valence-corrected chi connectivity index (χ2v) is 12.7. The highest BCUT2D eigenvalue weighted by molar-refractivity contribution is 5.18. The maximum Gasteiger partial charge on any atom is 0.199 e. The first-order valence-electron chi connectivity index (χ1n) is 14.3. The largest absolute Gasteiger partial charge is 0.470 e. The van der Waals surface area contributed by atoms with Gasteiger partial charge in [0.15, 0.2) is 12.6 Å². The van der Waals surface area contributed by atoms with Crippen molar-refractivity contribution in [2.24, 2.45) is 34.5 Å². The molecule has 2 aliphatic heterocycles. The van der Waals surface area contributed by atoms with Crippen molar-refractivity contribution in [3.63, 3.8) is 0 Å². The van der Waals surface area contributed by atoms with Crippen LogP contribution in [0.1, 0.15) is 104 Å². The molecule has 6 rings (SSSR count). The van der Waals surface area contributed by atoms with E-state index in [1.807, 2.05) is 0 Å². The number of rotatable bonds is 4. The quantitative estimate of drug-likeness (QED) is 0.454. The normalized spacial score (nSPS) is 50.0. The zero-order valence-electron chi connectivity index (χ0n) is 21.1. The molecule has 33 heavy (non-hydrogen) atoms. The summed E-state index contributed by atoms with van der Waals surface area (Å²) in [6.45, 7) is 6.87. The topological polar surface area (TPSA) is 36.9 Å². The maximum atomic E-state index is 6.93. The van der Waals surface area contributed by atoms with Gasteiger partial charge in [-0.3, -0.25) is 0 Å². The lowest BCUT2D eigenvalue weighted by Crippen LogP contribution is -2.58. The highest BCUT2D eigenvalue weighted by Crippen LogP contribution is 2.66. The molecular formula is C29H46O4. The molecule has 0 radical (unpaired) electrons. The fraction of sp³-hybridized carbons (Fsp3) is 0.931. The summed E-state index contributed by atoms with van der Waals surface area (Å²) in [6, 6.07) is 0. The molecule has 3 saturated carbocycles. The Kier molecular flexibility index (Phi) is 6.33. The van der Waals surface area contributed by atoms with E-state index in [1.165, 1.54) is 64.2 Å². The Balaban J connectivity index is 1.28. The predicted molar refractivity (Wildman–Crippen MR) is 128 cm³/mol. The van der Waals surface area contributed by atoms with Crippen LogP contribution in [0.5, 0.6) is 0 Å². The summed E-state index contributed by atoms with van der Waals surface area (Å²) in [4.78, 5) is 0. The Hall–Kier alpha value is -0.580. The molecule has 0 aromatic rings. The van der Waals surface area contributed by atoms with Gasteiger partial charge in [-0.15, -0.1) is 0 Å². The monoisotopic (exact) mass is 459 g/mol. The fourth-order valence-electron chi connectivity index (χ4n) is 9.11. The van der Waals surface area contributed by atoms with Gasteiger partial charge in [-0.2, -0.15) is 0 Å². The SMILES string of the molecule is C[C@@]12CCC[C@H]1[C@@H]1CCC3C=C([17O]C4CCCCO4)C[C@H](OC4CCCCO4)[C@]3(C)[C@H]1CC2. The molecule has 186 valence electrons. The first kappa shape index (κ1) is 22.9. The summed E-state index contributed by atoms with van der Waals surface area (Å²) in [5.74, 6) is 4.25. The van der Waals surface area contributed by atoms with Crippen molar-refractivity contribution in [1.29, 1.82) is 0 Å². The average molecular weight is 460 g/mol. The molecule has 0 spiro atoms. The van der Waals surface area contributed by atoms with Crippen LogP contribution in [0.2, 0.25) is 0 Å². The van der Waals surface area contributed by atoms with E-state index >= 15 is 0 Å². The molecule has 4 nitrogen and oxygen atoms in total. The third-order valence-corrected chi connectivity index (χ3v) is 11.0. The molecule has 0 amide bonds. The van der Waals surface area contributed by atoms with Crippen LogP contribution in [0, 0.1) is 34.5 Å². The minimum Gasteiger partial charge on any atom is -0.470 e. The van der Waals surface area contributed by atoms with Crippen molar-refractivity contribution < 1.29 is 18.9 Å². The number of hydrogen-bond acceptors (Lipinski definition) is 4. The summed E-state index contributed by atoms with van der Waals surface area (Å²) in [7, 11) is 0. The number of ether oxygens (including phenoxy) is 4. The highest BCUT2D eigenvalue weighted by atomic mass is 17.4. The summed E-state index contributed by atoms with van der Waals surface area (Å²) in [5.41, 5.74) is 0.790. The van der Waals surface area contributed by atoms with Gasteiger partial charge in [0.25, 0.3) is 0 Å². The van der Waals surface area contributed by atoms with Gasteiger partial charge in [0, 0.05) is 24.9 Å². The molecule has 0 aromatic heterocycles. The standard InChI is InChI=1S/C29H46O4/c1-28-14-7-8-23(28)22-12-11-20-18-21(32-26-9-3-5-16-30-26)19-25(29(20,2)24(22)13-15-28)33-27-10-4-6-17-31-27/h18,20,22-27H,3-17,19H2,1-2H3/t20?,22-,23-,24-,25-,26?,27?,28-,29-/m0/s1/i32+1. The molecule has 0 N–H and O–H groups in total. The number of allylic oxidation sites excluding steroid dienone is 1. The van der Waals surface area contributed by atoms with E-state index < -0.39 is 0 Å². The molecule has 9 atom stereocenters. The van der Waals surface area contributed by atoms with Gasteiger partial charge in [-0.05, 0) is 106 Å². The van der Waals surface area contributed by atoms with Crippen molar-refractivity contribution in [2.75, 3.05) is 13.2 Å². The van der Waals surface area contributed by atoms with Gasteiger partial charge in [-0.25, -0.2) is 0 Å². The summed E-state index contributed by atoms with van der Waals surface area (Å²) in [5, 5.41) is 0. The Morgan fingerprint density at radius 3 is 2.48 bits per heavy atom. The Labute approximate surface area is 201 Å². The second kappa shape index (κ2) is 9.13. The zero-order valence-corrected chi connectivity index (χ0v) is 21.1. The van der Waals surface area contributed by atoms with Crippen molar-refractivity contribution in [3.05, 3.63) is 11.8 Å². The molecule has 0 aromatic carbocycles. The second-order valence-electron chi connectivity index (χ2n) is 12.7. The first-order chi connectivity index (χ1) is 16.1. The van der Waals surface area contributed by atoms with Gasteiger partial charge in [-0.1, -0.05) is 20.3 Å². The highest BCUT2D eigenvalue weighted by Gasteiger charge is 2.60. The predicted octanol–water partition coefficient (Wildman–Crippen LogP) is 6.98. The van der Waals surface area contributed by atoms with Gasteiger partial charge >= 0.3 is 0 Å². The molecule has 4 aliphatic carbocycles. The lowest BCUT2D eigenvalue weighted by molar-refractivity contribution is -0.245. The van der Waals surface area contributed by atoms with Crippen LogP contribution in [0.25, 0.3) is 0 Å². The van der Waals surface area contributed by atoms with Gasteiger partial charge < -0.3 is 18.9 Å². The fourth-order valence-corrected chi connectivity index (χ4v) is 9.11. The van der Waals surface area contributed by atoms with Crippen LogP contribution in [0.4, 0.5) is 0 Å².